The van der Waals surface area contributed by atoms with E-state index in [0.717, 1.165) is 22.9 Å². The van der Waals surface area contributed by atoms with Gasteiger partial charge in [0.1, 0.15) is 6.61 Å². The molecule has 7 heteroatoms. The number of aromatic nitrogens is 2. The first-order valence-electron chi connectivity index (χ1n) is 6.08. The number of nitrogens with zero attached hydrogens (tertiary/aromatic N) is 2. The number of rotatable bonds is 7. The van der Waals surface area contributed by atoms with E-state index in [0.29, 0.717) is 13.2 Å². The molecule has 0 spiro atoms. The van der Waals surface area contributed by atoms with Gasteiger partial charge in [-0.25, -0.2) is 4.98 Å². The summed E-state index contributed by atoms with van der Waals surface area (Å²) in [6.45, 7) is 5.92. The predicted molar refractivity (Wildman–Crippen MR) is 74.3 cm³/mol. The van der Waals surface area contributed by atoms with E-state index in [1.165, 1.54) is 4.88 Å². The van der Waals surface area contributed by atoms with Gasteiger partial charge in [-0.3, -0.25) is 9.20 Å². The number of hydrogen-bond acceptors (Lipinski definition) is 5. The number of primary amides is 1. The van der Waals surface area contributed by atoms with Crippen LogP contribution in [0.25, 0.3) is 4.96 Å². The van der Waals surface area contributed by atoms with Crippen molar-refractivity contribution in [1.29, 1.82) is 0 Å². The Hall–Kier alpha value is -1.44. The molecule has 0 aliphatic carbocycles. The SMILES string of the molecule is Cc1cn2c(CNCCOCC(N)=O)c(C)nc2s1. The maximum atomic E-state index is 10.5. The molecule has 19 heavy (non-hydrogen) atoms. The van der Waals surface area contributed by atoms with E-state index in [2.05, 4.69) is 27.8 Å². The second-order valence-electron chi connectivity index (χ2n) is 4.33. The van der Waals surface area contributed by atoms with Crippen LogP contribution in [0.5, 0.6) is 0 Å². The molecule has 2 heterocycles. The Morgan fingerprint density at radius 3 is 3.11 bits per heavy atom. The van der Waals surface area contributed by atoms with E-state index in [9.17, 15) is 4.79 Å². The first-order valence-corrected chi connectivity index (χ1v) is 6.90. The fourth-order valence-corrected chi connectivity index (χ4v) is 2.74. The maximum absolute atomic E-state index is 10.5. The second-order valence-corrected chi connectivity index (χ2v) is 5.55. The molecule has 104 valence electrons. The normalized spacial score (nSPS) is 11.3. The lowest BCUT2D eigenvalue weighted by Crippen LogP contribution is -2.24. The highest BCUT2D eigenvalue weighted by atomic mass is 32.1. The summed E-state index contributed by atoms with van der Waals surface area (Å²) in [5, 5.41) is 3.27. The van der Waals surface area contributed by atoms with E-state index >= 15 is 0 Å². The van der Waals surface area contributed by atoms with Gasteiger partial charge in [-0.05, 0) is 13.8 Å². The van der Waals surface area contributed by atoms with Gasteiger partial charge in [0.25, 0.3) is 0 Å². The molecular formula is C12H18N4O2S. The summed E-state index contributed by atoms with van der Waals surface area (Å²) >= 11 is 1.69. The fourth-order valence-electron chi connectivity index (χ4n) is 1.85. The highest BCUT2D eigenvalue weighted by Crippen LogP contribution is 2.20. The molecule has 2 aromatic rings. The minimum atomic E-state index is -0.443. The monoisotopic (exact) mass is 282 g/mol. The number of fused-ring (bicyclic) bond motifs is 1. The number of amides is 1. The van der Waals surface area contributed by atoms with Gasteiger partial charge in [-0.2, -0.15) is 0 Å². The molecule has 2 rings (SSSR count). The average molecular weight is 282 g/mol. The summed E-state index contributed by atoms with van der Waals surface area (Å²) in [7, 11) is 0. The molecule has 0 unspecified atom stereocenters. The first-order chi connectivity index (χ1) is 9.08. The lowest BCUT2D eigenvalue weighted by molar-refractivity contribution is -0.122. The number of carbonyl (C=O) groups excluding carboxylic acids is 1. The molecule has 0 bridgehead atoms. The Kier molecular flexibility index (Phi) is 4.52. The van der Waals surface area contributed by atoms with Crippen molar-refractivity contribution in [3.05, 3.63) is 22.5 Å². The Labute approximate surface area is 115 Å². The van der Waals surface area contributed by atoms with Crippen molar-refractivity contribution in [2.45, 2.75) is 20.4 Å². The zero-order valence-corrected chi connectivity index (χ0v) is 11.9. The maximum Gasteiger partial charge on any atom is 0.243 e. The largest absolute Gasteiger partial charge is 0.370 e. The number of nitrogens with two attached hydrogens (primary N) is 1. The van der Waals surface area contributed by atoms with Crippen LogP contribution in [0.1, 0.15) is 16.3 Å². The number of thiazole rings is 1. The summed E-state index contributed by atoms with van der Waals surface area (Å²) in [5.74, 6) is -0.443. The van der Waals surface area contributed by atoms with Crippen LogP contribution in [-0.4, -0.2) is 35.1 Å². The third-order valence-corrected chi connectivity index (χ3v) is 3.60. The Morgan fingerprint density at radius 2 is 2.37 bits per heavy atom. The molecule has 0 aromatic carbocycles. The van der Waals surface area contributed by atoms with E-state index in [4.69, 9.17) is 10.5 Å². The van der Waals surface area contributed by atoms with Crippen molar-refractivity contribution in [3.63, 3.8) is 0 Å². The predicted octanol–water partition coefficient (Wildman–Crippen LogP) is 0.604. The number of hydrogen-bond donors (Lipinski definition) is 2. The van der Waals surface area contributed by atoms with Crippen molar-refractivity contribution < 1.29 is 9.53 Å². The molecular weight excluding hydrogens is 264 g/mol. The number of nitrogens with one attached hydrogen (secondary N) is 1. The van der Waals surface area contributed by atoms with Crippen LogP contribution in [0.3, 0.4) is 0 Å². The zero-order chi connectivity index (χ0) is 13.8. The molecule has 0 aliphatic rings. The van der Waals surface area contributed by atoms with Crippen LogP contribution in [0.15, 0.2) is 6.20 Å². The van der Waals surface area contributed by atoms with Gasteiger partial charge in [0.05, 0.1) is 18.0 Å². The molecule has 0 saturated carbocycles. The summed E-state index contributed by atoms with van der Waals surface area (Å²) in [4.78, 5) is 17.3. The van der Waals surface area contributed by atoms with Crippen LogP contribution in [0, 0.1) is 13.8 Å². The molecule has 2 aromatic heterocycles. The fraction of sp³-hybridized carbons (Fsp3) is 0.500. The molecule has 0 radical (unpaired) electrons. The van der Waals surface area contributed by atoms with Gasteiger partial charge in [0.15, 0.2) is 4.96 Å². The lowest BCUT2D eigenvalue weighted by Gasteiger charge is -2.05. The smallest absolute Gasteiger partial charge is 0.243 e. The summed E-state index contributed by atoms with van der Waals surface area (Å²) in [6.07, 6.45) is 2.10. The van der Waals surface area contributed by atoms with E-state index in [1.54, 1.807) is 11.3 Å². The molecule has 0 fully saturated rings. The molecule has 1 amide bonds. The van der Waals surface area contributed by atoms with Crippen molar-refractivity contribution in [2.24, 2.45) is 5.73 Å². The van der Waals surface area contributed by atoms with E-state index < -0.39 is 5.91 Å². The third kappa shape index (κ3) is 3.52. The first kappa shape index (κ1) is 14.0. The quantitative estimate of drug-likeness (QED) is 0.729. The summed E-state index contributed by atoms with van der Waals surface area (Å²) < 4.78 is 7.20. The van der Waals surface area contributed by atoms with Crippen LogP contribution in [0.2, 0.25) is 0 Å². The molecule has 3 N–H and O–H groups in total. The Balaban J connectivity index is 1.84. The van der Waals surface area contributed by atoms with Crippen LogP contribution < -0.4 is 11.1 Å². The topological polar surface area (TPSA) is 81.6 Å². The molecule has 0 aliphatic heterocycles. The van der Waals surface area contributed by atoms with Gasteiger partial charge in [0, 0.05) is 24.2 Å². The number of carbonyl (C=O) groups is 1. The number of imidazole rings is 1. The lowest BCUT2D eigenvalue weighted by atomic mass is 10.3. The third-order valence-electron chi connectivity index (χ3n) is 2.70. The van der Waals surface area contributed by atoms with E-state index in [-0.39, 0.29) is 6.61 Å². The van der Waals surface area contributed by atoms with E-state index in [1.807, 2.05) is 6.92 Å². The summed E-state index contributed by atoms with van der Waals surface area (Å²) in [5.41, 5.74) is 7.17. The second kappa shape index (κ2) is 6.14. The van der Waals surface area contributed by atoms with Gasteiger partial charge in [0.2, 0.25) is 5.91 Å². The zero-order valence-electron chi connectivity index (χ0n) is 11.1. The molecule has 6 nitrogen and oxygen atoms in total. The highest BCUT2D eigenvalue weighted by molar-refractivity contribution is 7.17. The van der Waals surface area contributed by atoms with Crippen molar-refractivity contribution in [1.82, 2.24) is 14.7 Å². The Morgan fingerprint density at radius 1 is 1.58 bits per heavy atom. The standard InChI is InChI=1S/C12H18N4O2S/c1-8-6-16-10(9(2)15-12(16)19-8)5-14-3-4-18-7-11(13)17/h6,14H,3-5,7H2,1-2H3,(H2,13,17). The minimum Gasteiger partial charge on any atom is -0.370 e. The number of aryl methyl sites for hydroxylation is 2. The average Bonchev–Trinajstić information content (AvgIpc) is 2.80. The van der Waals surface area contributed by atoms with Crippen molar-refractivity contribution in [2.75, 3.05) is 19.8 Å². The van der Waals surface area contributed by atoms with Gasteiger partial charge in [-0.1, -0.05) is 0 Å². The van der Waals surface area contributed by atoms with Crippen LogP contribution in [0.4, 0.5) is 0 Å². The van der Waals surface area contributed by atoms with Crippen molar-refractivity contribution in [3.8, 4) is 0 Å². The molecule has 0 atom stereocenters. The van der Waals surface area contributed by atoms with Gasteiger partial charge >= 0.3 is 0 Å². The minimum absolute atomic E-state index is 0.0264. The molecule has 0 saturated heterocycles. The number of ether oxygens (including phenoxy) is 1. The van der Waals surface area contributed by atoms with Crippen LogP contribution in [-0.2, 0) is 16.1 Å². The van der Waals surface area contributed by atoms with Gasteiger partial charge in [-0.15, -0.1) is 11.3 Å². The van der Waals surface area contributed by atoms with Crippen LogP contribution >= 0.6 is 11.3 Å². The highest BCUT2D eigenvalue weighted by Gasteiger charge is 2.10. The van der Waals surface area contributed by atoms with Crippen molar-refractivity contribution >= 4 is 22.2 Å². The summed E-state index contributed by atoms with van der Waals surface area (Å²) in [6, 6.07) is 0. The Bertz CT molecular complexity index is 576. The van der Waals surface area contributed by atoms with Gasteiger partial charge < -0.3 is 15.8 Å².